The lowest BCUT2D eigenvalue weighted by atomic mass is 10.2. The fraction of sp³-hybridized carbons (Fsp3) is 0.474. The molecule has 1 rings (SSSR count). The molecule has 1 aromatic carbocycles. The van der Waals surface area contributed by atoms with Crippen molar-refractivity contribution in [2.24, 2.45) is 0 Å². The van der Waals surface area contributed by atoms with Gasteiger partial charge in [0.15, 0.2) is 13.2 Å². The van der Waals surface area contributed by atoms with Crippen molar-refractivity contribution in [3.8, 4) is 0 Å². The fourth-order valence-electron chi connectivity index (χ4n) is 2.17. The number of aliphatic hydroxyl groups excluding tert-OH is 1. The molecular formula is C19H30N2O6SSi. The van der Waals surface area contributed by atoms with Crippen molar-refractivity contribution in [2.75, 3.05) is 13.2 Å². The Morgan fingerprint density at radius 3 is 2.45 bits per heavy atom. The first-order chi connectivity index (χ1) is 13.2. The molecule has 162 valence electrons. The van der Waals surface area contributed by atoms with Gasteiger partial charge in [-0.05, 0) is 29.8 Å². The number of nitro benzene ring substituents is 1. The van der Waals surface area contributed by atoms with Gasteiger partial charge in [0.2, 0.25) is 10.0 Å². The number of nitro groups is 1. The SMILES string of the molecule is C=C[C@@H](/C=C(\CO)CNS(=O)(=O)c1ccccc1[N+](=O)[O-])O[Si](C)(C)C(C)(C)C. The molecule has 0 aliphatic heterocycles. The number of hydrogen-bond acceptors (Lipinski definition) is 6. The van der Waals surface area contributed by atoms with E-state index < -0.39 is 46.6 Å². The van der Waals surface area contributed by atoms with Gasteiger partial charge in [0.05, 0.1) is 17.6 Å². The van der Waals surface area contributed by atoms with Crippen molar-refractivity contribution in [1.82, 2.24) is 4.72 Å². The minimum atomic E-state index is -4.14. The van der Waals surface area contributed by atoms with Gasteiger partial charge in [-0.3, -0.25) is 10.1 Å². The summed E-state index contributed by atoms with van der Waals surface area (Å²) in [5, 5.41) is 20.7. The number of aliphatic hydroxyl groups is 1. The van der Waals surface area contributed by atoms with Crippen LogP contribution in [0.15, 0.2) is 53.5 Å². The van der Waals surface area contributed by atoms with Crippen molar-refractivity contribution in [1.29, 1.82) is 0 Å². The Morgan fingerprint density at radius 2 is 1.97 bits per heavy atom. The molecule has 8 nitrogen and oxygen atoms in total. The molecule has 0 aliphatic carbocycles. The molecule has 0 fully saturated rings. The van der Waals surface area contributed by atoms with Gasteiger partial charge >= 0.3 is 0 Å². The largest absolute Gasteiger partial charge is 0.407 e. The molecule has 29 heavy (non-hydrogen) atoms. The molecule has 1 aromatic rings. The first kappa shape index (κ1) is 25.2. The molecule has 0 aromatic heterocycles. The summed E-state index contributed by atoms with van der Waals surface area (Å²) in [6.45, 7) is 13.6. The lowest BCUT2D eigenvalue weighted by Gasteiger charge is -2.38. The van der Waals surface area contributed by atoms with Crippen molar-refractivity contribution in [3.63, 3.8) is 0 Å². The van der Waals surface area contributed by atoms with E-state index in [9.17, 15) is 23.6 Å². The Kier molecular flexibility index (Phi) is 8.48. The third-order valence-electron chi connectivity index (χ3n) is 4.91. The smallest absolute Gasteiger partial charge is 0.289 e. The minimum absolute atomic E-state index is 0.0324. The summed E-state index contributed by atoms with van der Waals surface area (Å²) in [5.74, 6) is 0. The van der Waals surface area contributed by atoms with Crippen molar-refractivity contribution >= 4 is 24.0 Å². The van der Waals surface area contributed by atoms with E-state index in [1.165, 1.54) is 12.1 Å². The van der Waals surface area contributed by atoms with Crippen LogP contribution < -0.4 is 4.72 Å². The van der Waals surface area contributed by atoms with Gasteiger partial charge < -0.3 is 9.53 Å². The number of benzene rings is 1. The zero-order valence-electron chi connectivity index (χ0n) is 17.5. The van der Waals surface area contributed by atoms with E-state index in [1.807, 2.05) is 0 Å². The fourth-order valence-corrected chi connectivity index (χ4v) is 4.57. The predicted molar refractivity (Wildman–Crippen MR) is 116 cm³/mol. The second kappa shape index (κ2) is 9.77. The van der Waals surface area contributed by atoms with Gasteiger partial charge in [-0.2, -0.15) is 0 Å². The summed E-state index contributed by atoms with van der Waals surface area (Å²) < 4.78 is 33.6. The summed E-state index contributed by atoms with van der Waals surface area (Å²) in [4.78, 5) is 9.92. The van der Waals surface area contributed by atoms with E-state index in [-0.39, 0.29) is 11.6 Å². The standard InChI is InChI=1S/C19H30N2O6SSi/c1-7-16(27-29(5,6)19(2,3)4)12-15(14-22)13-20-28(25,26)18-11-9-8-10-17(18)21(23)24/h7-12,16,20,22H,1,13-14H2,2-6H3/b15-12-/t16-/m0/s1. The summed E-state index contributed by atoms with van der Waals surface area (Å²) >= 11 is 0. The molecule has 0 radical (unpaired) electrons. The van der Waals surface area contributed by atoms with Crippen LogP contribution >= 0.6 is 0 Å². The molecule has 0 aliphatic rings. The Balaban J connectivity index is 3.03. The molecule has 0 amide bonds. The van der Waals surface area contributed by atoms with Crippen LogP contribution in [-0.4, -0.2) is 46.0 Å². The van der Waals surface area contributed by atoms with Gasteiger partial charge in [0.25, 0.3) is 5.69 Å². The molecule has 0 bridgehead atoms. The van der Waals surface area contributed by atoms with Gasteiger partial charge in [0.1, 0.15) is 0 Å². The number of para-hydroxylation sites is 1. The third kappa shape index (κ3) is 6.86. The summed E-state index contributed by atoms with van der Waals surface area (Å²) in [5.41, 5.74) is -0.143. The average molecular weight is 443 g/mol. The highest BCUT2D eigenvalue weighted by Crippen LogP contribution is 2.37. The number of hydrogen-bond donors (Lipinski definition) is 2. The van der Waals surface area contributed by atoms with Crippen LogP contribution in [0.4, 0.5) is 5.69 Å². The maximum Gasteiger partial charge on any atom is 0.289 e. The monoisotopic (exact) mass is 442 g/mol. The van der Waals surface area contributed by atoms with E-state index in [0.717, 1.165) is 12.1 Å². The molecule has 0 heterocycles. The summed E-state index contributed by atoms with van der Waals surface area (Å²) in [6, 6.07) is 5.09. The second-order valence-corrected chi connectivity index (χ2v) is 14.6. The zero-order chi connectivity index (χ0) is 22.5. The number of nitrogens with zero attached hydrogens (tertiary/aromatic N) is 1. The molecule has 2 N–H and O–H groups in total. The molecule has 1 atom stereocenters. The lowest BCUT2D eigenvalue weighted by molar-refractivity contribution is -0.387. The Bertz CT molecular complexity index is 875. The van der Waals surface area contributed by atoms with E-state index in [0.29, 0.717) is 5.57 Å². The highest BCUT2D eigenvalue weighted by atomic mass is 32.2. The van der Waals surface area contributed by atoms with Crippen LogP contribution in [0.2, 0.25) is 18.1 Å². The highest BCUT2D eigenvalue weighted by Gasteiger charge is 2.38. The topological polar surface area (TPSA) is 119 Å². The van der Waals surface area contributed by atoms with Crippen molar-refractivity contribution in [3.05, 3.63) is 58.7 Å². The predicted octanol–water partition coefficient (Wildman–Crippen LogP) is 3.37. The van der Waals surface area contributed by atoms with Gasteiger partial charge in [-0.15, -0.1) is 6.58 Å². The molecule has 0 saturated carbocycles. The Morgan fingerprint density at radius 1 is 1.38 bits per heavy atom. The molecule has 0 unspecified atom stereocenters. The van der Waals surface area contributed by atoms with E-state index in [4.69, 9.17) is 4.43 Å². The summed E-state index contributed by atoms with van der Waals surface area (Å²) in [6.07, 6.45) is 2.72. The van der Waals surface area contributed by atoms with Crippen molar-refractivity contribution in [2.45, 2.75) is 49.9 Å². The average Bonchev–Trinajstić information content (AvgIpc) is 2.63. The Hall–Kier alpha value is -1.85. The van der Waals surface area contributed by atoms with Gasteiger partial charge in [0, 0.05) is 12.6 Å². The number of rotatable bonds is 10. The van der Waals surface area contributed by atoms with Crippen LogP contribution in [0.1, 0.15) is 20.8 Å². The Labute approximate surface area is 173 Å². The van der Waals surface area contributed by atoms with E-state index >= 15 is 0 Å². The van der Waals surface area contributed by atoms with Crippen LogP contribution in [-0.2, 0) is 14.4 Å². The number of nitrogens with one attached hydrogen (secondary N) is 1. The van der Waals surface area contributed by atoms with Gasteiger partial charge in [-0.25, -0.2) is 13.1 Å². The second-order valence-electron chi connectivity index (χ2n) is 8.11. The normalized spacial score (nSPS) is 14.5. The maximum absolute atomic E-state index is 12.5. The van der Waals surface area contributed by atoms with Crippen LogP contribution in [0, 0.1) is 10.1 Å². The minimum Gasteiger partial charge on any atom is -0.407 e. The molecule has 0 saturated heterocycles. The van der Waals surface area contributed by atoms with E-state index in [1.54, 1.807) is 12.2 Å². The van der Waals surface area contributed by atoms with Crippen LogP contribution in [0.5, 0.6) is 0 Å². The zero-order valence-corrected chi connectivity index (χ0v) is 19.3. The molecule has 0 spiro atoms. The van der Waals surface area contributed by atoms with Gasteiger partial charge in [-0.1, -0.05) is 45.1 Å². The maximum atomic E-state index is 12.5. The van der Waals surface area contributed by atoms with Crippen LogP contribution in [0.25, 0.3) is 0 Å². The third-order valence-corrected chi connectivity index (χ3v) is 10.8. The molecular weight excluding hydrogens is 412 g/mol. The number of sulfonamides is 1. The molecule has 10 heteroatoms. The van der Waals surface area contributed by atoms with Crippen LogP contribution in [0.3, 0.4) is 0 Å². The highest BCUT2D eigenvalue weighted by molar-refractivity contribution is 7.89. The first-order valence-corrected chi connectivity index (χ1v) is 13.5. The van der Waals surface area contributed by atoms with E-state index in [2.05, 4.69) is 45.2 Å². The first-order valence-electron chi connectivity index (χ1n) is 9.09. The quantitative estimate of drug-likeness (QED) is 0.248. The lowest BCUT2D eigenvalue weighted by Crippen LogP contribution is -2.43. The summed E-state index contributed by atoms with van der Waals surface area (Å²) in [7, 11) is -6.26. The van der Waals surface area contributed by atoms with Crippen molar-refractivity contribution < 1.29 is 22.9 Å².